The molecule has 2 aliphatic rings. The largest absolute Gasteiger partial charge is 0.487 e. The van der Waals surface area contributed by atoms with Gasteiger partial charge in [-0.1, -0.05) is 18.2 Å². The summed E-state index contributed by atoms with van der Waals surface area (Å²) in [6.45, 7) is 0.213. The van der Waals surface area contributed by atoms with Crippen molar-refractivity contribution in [2.24, 2.45) is 0 Å². The van der Waals surface area contributed by atoms with Gasteiger partial charge in [0.05, 0.1) is 28.8 Å². The molecule has 4 rings (SSSR count). The van der Waals surface area contributed by atoms with E-state index in [1.807, 2.05) is 30.3 Å². The number of benzene rings is 1. The van der Waals surface area contributed by atoms with E-state index < -0.39 is 9.84 Å². The number of Topliss-reactive ketones (excluding diaryl/α,β-unsaturated/α-hetero) is 1. The molecule has 2 aromatic rings. The molecule has 0 spiro atoms. The maximum Gasteiger partial charge on any atom is 0.166 e. The van der Waals surface area contributed by atoms with Crippen LogP contribution in [0.1, 0.15) is 47.1 Å². The van der Waals surface area contributed by atoms with E-state index in [0.29, 0.717) is 24.1 Å². The zero-order valence-corrected chi connectivity index (χ0v) is 14.7. The molecule has 1 aliphatic heterocycles. The first kappa shape index (κ1) is 16.3. The highest BCUT2D eigenvalue weighted by atomic mass is 32.2. The molecule has 25 heavy (non-hydrogen) atoms. The Balaban J connectivity index is 1.66. The summed E-state index contributed by atoms with van der Waals surface area (Å²) in [5, 5.41) is 4.61. The highest BCUT2D eigenvalue weighted by Crippen LogP contribution is 2.31. The Morgan fingerprint density at radius 3 is 2.72 bits per heavy atom. The molecule has 7 heteroatoms. The van der Waals surface area contributed by atoms with Crippen LogP contribution in [0.15, 0.2) is 30.3 Å². The van der Waals surface area contributed by atoms with E-state index in [4.69, 9.17) is 4.74 Å². The average Bonchev–Trinajstić information content (AvgIpc) is 3.15. The number of aromatic nitrogens is 2. The lowest BCUT2D eigenvalue weighted by Gasteiger charge is -2.16. The number of ketones is 1. The van der Waals surface area contributed by atoms with Gasteiger partial charge >= 0.3 is 0 Å². The summed E-state index contributed by atoms with van der Waals surface area (Å²) >= 11 is 0. The lowest BCUT2D eigenvalue weighted by molar-refractivity contribution is 0.0969. The Morgan fingerprint density at radius 1 is 1.20 bits per heavy atom. The average molecular weight is 360 g/mol. The van der Waals surface area contributed by atoms with Gasteiger partial charge in [-0.2, -0.15) is 5.10 Å². The fourth-order valence-corrected chi connectivity index (χ4v) is 5.36. The minimum Gasteiger partial charge on any atom is -0.487 e. The van der Waals surface area contributed by atoms with Crippen molar-refractivity contribution in [1.29, 1.82) is 0 Å². The van der Waals surface area contributed by atoms with Crippen LogP contribution in [0.2, 0.25) is 0 Å². The van der Waals surface area contributed by atoms with E-state index in [9.17, 15) is 13.2 Å². The molecule has 1 aliphatic carbocycles. The predicted octanol–water partition coefficient (Wildman–Crippen LogP) is 2.34. The van der Waals surface area contributed by atoms with Gasteiger partial charge in [0.15, 0.2) is 15.6 Å². The van der Waals surface area contributed by atoms with Crippen LogP contribution in [0.25, 0.3) is 0 Å². The fourth-order valence-electron chi connectivity index (χ4n) is 3.66. The number of nitrogens with zero attached hydrogens (tertiary/aromatic N) is 2. The monoisotopic (exact) mass is 360 g/mol. The van der Waals surface area contributed by atoms with E-state index >= 15 is 0 Å². The fraction of sp³-hybridized carbons (Fsp3) is 0.444. The second-order valence-electron chi connectivity index (χ2n) is 6.65. The number of para-hydroxylation sites is 1. The van der Waals surface area contributed by atoms with E-state index in [2.05, 4.69) is 5.10 Å². The molecule has 1 saturated heterocycles. The standard InChI is InChI=1S/C18H20N2O4S/c21-17-8-4-7-16-18(17)15(11-24-14-5-2-1-3-6-14)19-20(16)13-9-10-25(22,23)12-13/h1-3,5-6,13H,4,7-12H2. The van der Waals surface area contributed by atoms with Crippen molar-refractivity contribution in [2.45, 2.75) is 38.3 Å². The lowest BCUT2D eigenvalue weighted by atomic mass is 9.94. The van der Waals surface area contributed by atoms with Crippen LogP contribution >= 0.6 is 0 Å². The van der Waals surface area contributed by atoms with E-state index in [0.717, 1.165) is 24.3 Å². The molecule has 1 aromatic carbocycles. The third kappa shape index (κ3) is 3.20. The number of carbonyl (C=O) groups excluding carboxylic acids is 1. The Morgan fingerprint density at radius 2 is 2.00 bits per heavy atom. The van der Waals surface area contributed by atoms with Gasteiger partial charge in [0.1, 0.15) is 18.1 Å². The number of fused-ring (bicyclic) bond motifs is 1. The first-order chi connectivity index (χ1) is 12.0. The summed E-state index contributed by atoms with van der Waals surface area (Å²) in [6, 6.07) is 9.22. The molecule has 1 atom stereocenters. The second-order valence-corrected chi connectivity index (χ2v) is 8.88. The van der Waals surface area contributed by atoms with Crippen LogP contribution in [-0.2, 0) is 22.9 Å². The highest BCUT2D eigenvalue weighted by molar-refractivity contribution is 7.91. The zero-order valence-electron chi connectivity index (χ0n) is 13.8. The van der Waals surface area contributed by atoms with Gasteiger partial charge in [0.2, 0.25) is 0 Å². The zero-order chi connectivity index (χ0) is 17.4. The quantitative estimate of drug-likeness (QED) is 0.836. The van der Waals surface area contributed by atoms with Gasteiger partial charge in [0, 0.05) is 6.42 Å². The first-order valence-electron chi connectivity index (χ1n) is 8.55. The molecule has 0 amide bonds. The molecule has 0 N–H and O–H groups in total. The maximum atomic E-state index is 12.4. The van der Waals surface area contributed by atoms with Crippen molar-refractivity contribution in [1.82, 2.24) is 9.78 Å². The summed E-state index contributed by atoms with van der Waals surface area (Å²) < 4.78 is 31.2. The molecule has 132 valence electrons. The molecule has 1 unspecified atom stereocenters. The van der Waals surface area contributed by atoms with Crippen molar-refractivity contribution in [3.63, 3.8) is 0 Å². The van der Waals surface area contributed by atoms with Crippen molar-refractivity contribution < 1.29 is 17.9 Å². The van der Waals surface area contributed by atoms with Crippen LogP contribution in [0.4, 0.5) is 0 Å². The molecule has 0 bridgehead atoms. The second kappa shape index (κ2) is 6.29. The molecule has 6 nitrogen and oxygen atoms in total. The topological polar surface area (TPSA) is 78.3 Å². The van der Waals surface area contributed by atoms with E-state index in [1.165, 1.54) is 0 Å². The van der Waals surface area contributed by atoms with Crippen molar-refractivity contribution in [2.75, 3.05) is 11.5 Å². The third-order valence-electron chi connectivity index (χ3n) is 4.85. The lowest BCUT2D eigenvalue weighted by Crippen LogP contribution is -2.18. The number of ether oxygens (including phenoxy) is 1. The Hall–Kier alpha value is -2.15. The van der Waals surface area contributed by atoms with Crippen LogP contribution in [0, 0.1) is 0 Å². The molecular formula is C18H20N2O4S. The van der Waals surface area contributed by atoms with E-state index in [-0.39, 0.29) is 29.9 Å². The van der Waals surface area contributed by atoms with Crippen LogP contribution in [-0.4, -0.2) is 35.5 Å². The Bertz CT molecular complexity index is 903. The number of sulfone groups is 1. The van der Waals surface area contributed by atoms with Gasteiger partial charge in [-0.25, -0.2) is 8.42 Å². The van der Waals surface area contributed by atoms with Crippen molar-refractivity contribution in [3.8, 4) is 5.75 Å². The van der Waals surface area contributed by atoms with Crippen molar-refractivity contribution >= 4 is 15.6 Å². The smallest absolute Gasteiger partial charge is 0.166 e. The minimum absolute atomic E-state index is 0.0833. The molecular weight excluding hydrogens is 340 g/mol. The normalized spacial score (nSPS) is 21.9. The molecule has 0 saturated carbocycles. The molecule has 1 fully saturated rings. The van der Waals surface area contributed by atoms with E-state index in [1.54, 1.807) is 4.68 Å². The number of hydrogen-bond donors (Lipinski definition) is 0. The Kier molecular flexibility index (Phi) is 4.11. The van der Waals surface area contributed by atoms with Crippen molar-refractivity contribution in [3.05, 3.63) is 47.3 Å². The molecule has 0 radical (unpaired) electrons. The van der Waals surface area contributed by atoms with Gasteiger partial charge < -0.3 is 4.74 Å². The highest BCUT2D eigenvalue weighted by Gasteiger charge is 2.35. The van der Waals surface area contributed by atoms with Crippen LogP contribution in [0.5, 0.6) is 5.75 Å². The van der Waals surface area contributed by atoms with Gasteiger partial charge in [0.25, 0.3) is 0 Å². The summed E-state index contributed by atoms with van der Waals surface area (Å²) in [6.07, 6.45) is 2.62. The maximum absolute atomic E-state index is 12.4. The Labute approximate surface area is 146 Å². The van der Waals surface area contributed by atoms with Gasteiger partial charge in [-0.3, -0.25) is 9.48 Å². The number of hydrogen-bond acceptors (Lipinski definition) is 5. The van der Waals surface area contributed by atoms with Crippen LogP contribution in [0.3, 0.4) is 0 Å². The summed E-state index contributed by atoms with van der Waals surface area (Å²) in [5.41, 5.74) is 2.14. The SMILES string of the molecule is O=C1CCCc2c1c(COc1ccccc1)nn2C1CCS(=O)(=O)C1. The number of rotatable bonds is 4. The van der Waals surface area contributed by atoms with Crippen LogP contribution < -0.4 is 4.74 Å². The van der Waals surface area contributed by atoms with Gasteiger partial charge in [-0.05, 0) is 31.4 Å². The summed E-state index contributed by atoms with van der Waals surface area (Å²) in [7, 11) is -3.01. The summed E-state index contributed by atoms with van der Waals surface area (Å²) in [5.74, 6) is 1.10. The van der Waals surface area contributed by atoms with Gasteiger partial charge in [-0.15, -0.1) is 0 Å². The predicted molar refractivity (Wildman–Crippen MR) is 92.6 cm³/mol. The molecule has 1 aromatic heterocycles. The molecule has 2 heterocycles. The summed E-state index contributed by atoms with van der Waals surface area (Å²) in [4.78, 5) is 12.4. The number of carbonyl (C=O) groups is 1. The first-order valence-corrected chi connectivity index (χ1v) is 10.4. The minimum atomic E-state index is -3.01. The third-order valence-corrected chi connectivity index (χ3v) is 6.60.